The Morgan fingerprint density at radius 3 is 2.71 bits per heavy atom. The molecule has 0 aromatic heterocycles. The highest BCUT2D eigenvalue weighted by atomic mass is 32.2. The number of hydrogen-bond acceptors (Lipinski definition) is 9. The van der Waals surface area contributed by atoms with Gasteiger partial charge in [-0.05, 0) is 38.5 Å². The molecule has 3 heterocycles. The SMILES string of the molecule is CCCCCCCC(=O)SCCCC[C@@H]1CC(=O)NCC2=NC(=CC2)C2=N[C@@](C)(CS2)C(=O)N[C@@H](C(C)C)C(=O)O1. The number of carbonyl (C=O) groups is 4. The van der Waals surface area contributed by atoms with E-state index in [0.717, 1.165) is 30.7 Å². The number of rotatable bonds is 12. The molecule has 0 unspecified atom stereocenters. The van der Waals surface area contributed by atoms with Gasteiger partial charge in [0, 0.05) is 30.1 Å². The smallest absolute Gasteiger partial charge is 0.329 e. The number of nitrogens with zero attached hydrogens (tertiary/aromatic N) is 2. The van der Waals surface area contributed by atoms with Gasteiger partial charge in [-0.15, -0.1) is 11.8 Å². The Kier molecular flexibility index (Phi) is 13.4. The topological polar surface area (TPSA) is 126 Å². The van der Waals surface area contributed by atoms with Gasteiger partial charge in [-0.3, -0.25) is 24.4 Å². The Hall–Kier alpha value is -2.14. The van der Waals surface area contributed by atoms with E-state index in [1.807, 2.05) is 19.9 Å². The van der Waals surface area contributed by atoms with E-state index in [0.29, 0.717) is 48.8 Å². The van der Waals surface area contributed by atoms with Gasteiger partial charge in [0.05, 0.1) is 18.7 Å². The second-order valence-corrected chi connectivity index (χ2v) is 13.7. The minimum atomic E-state index is -1.01. The molecule has 0 aromatic carbocycles. The van der Waals surface area contributed by atoms with Gasteiger partial charge in [0.25, 0.3) is 0 Å². The third-order valence-corrected chi connectivity index (χ3v) is 9.72. The van der Waals surface area contributed by atoms with Crippen molar-refractivity contribution in [3.8, 4) is 0 Å². The molecular weight excluding hydrogens is 560 g/mol. The van der Waals surface area contributed by atoms with Crippen molar-refractivity contribution in [2.45, 2.75) is 116 Å². The van der Waals surface area contributed by atoms with Gasteiger partial charge in [0.1, 0.15) is 22.7 Å². The van der Waals surface area contributed by atoms with Crippen LogP contribution in [-0.4, -0.2) is 69.4 Å². The fourth-order valence-electron chi connectivity index (χ4n) is 4.79. The van der Waals surface area contributed by atoms with Crippen molar-refractivity contribution < 1.29 is 23.9 Å². The van der Waals surface area contributed by atoms with Crippen LogP contribution >= 0.6 is 23.5 Å². The summed E-state index contributed by atoms with van der Waals surface area (Å²) in [4.78, 5) is 60.9. The van der Waals surface area contributed by atoms with E-state index in [1.54, 1.807) is 6.92 Å². The lowest BCUT2D eigenvalue weighted by Crippen LogP contribution is -2.53. The van der Waals surface area contributed by atoms with E-state index >= 15 is 0 Å². The Bertz CT molecular complexity index is 1060. The zero-order valence-electron chi connectivity index (χ0n) is 25.0. The Morgan fingerprint density at radius 1 is 1.17 bits per heavy atom. The quantitative estimate of drug-likeness (QED) is 0.237. The van der Waals surface area contributed by atoms with Crippen molar-refractivity contribution >= 4 is 57.2 Å². The monoisotopic (exact) mass is 606 g/mol. The summed E-state index contributed by atoms with van der Waals surface area (Å²) >= 11 is 2.84. The summed E-state index contributed by atoms with van der Waals surface area (Å²) in [6.45, 7) is 7.96. The van der Waals surface area contributed by atoms with Crippen molar-refractivity contribution in [2.75, 3.05) is 18.1 Å². The molecule has 3 rings (SSSR count). The third kappa shape index (κ3) is 10.6. The number of thioether (sulfide) groups is 2. The summed E-state index contributed by atoms with van der Waals surface area (Å²) in [5, 5.41) is 6.72. The maximum Gasteiger partial charge on any atom is 0.329 e. The molecule has 0 saturated heterocycles. The van der Waals surface area contributed by atoms with Crippen LogP contribution in [-0.2, 0) is 23.9 Å². The lowest BCUT2D eigenvalue weighted by Gasteiger charge is -2.27. The number of allylic oxidation sites excluding steroid dienone is 1. The highest BCUT2D eigenvalue weighted by Crippen LogP contribution is 2.33. The average Bonchev–Trinajstić information content (AvgIpc) is 3.56. The molecule has 228 valence electrons. The third-order valence-electron chi connectivity index (χ3n) is 7.42. The van der Waals surface area contributed by atoms with Gasteiger partial charge in [-0.1, -0.05) is 64.3 Å². The lowest BCUT2D eigenvalue weighted by molar-refractivity contribution is -0.156. The molecule has 0 saturated carbocycles. The van der Waals surface area contributed by atoms with Crippen LogP contribution in [0.1, 0.15) is 98.3 Å². The molecule has 0 radical (unpaired) electrons. The maximum absolute atomic E-state index is 13.3. The van der Waals surface area contributed by atoms with Crippen LogP contribution in [0, 0.1) is 5.92 Å². The van der Waals surface area contributed by atoms with Crippen molar-refractivity contribution in [3.05, 3.63) is 11.8 Å². The molecule has 0 aromatic rings. The van der Waals surface area contributed by atoms with E-state index in [4.69, 9.17) is 4.74 Å². The van der Waals surface area contributed by atoms with Crippen LogP contribution in [0.4, 0.5) is 0 Å². The van der Waals surface area contributed by atoms with Crippen LogP contribution in [0.15, 0.2) is 21.8 Å². The summed E-state index contributed by atoms with van der Waals surface area (Å²) in [5.41, 5.74) is 0.539. The number of unbranched alkanes of at least 4 members (excludes halogenated alkanes) is 5. The van der Waals surface area contributed by atoms with E-state index in [9.17, 15) is 19.2 Å². The van der Waals surface area contributed by atoms with Gasteiger partial charge in [0.15, 0.2) is 5.12 Å². The number of fused-ring (bicyclic) bond motifs is 3. The molecule has 9 nitrogen and oxygen atoms in total. The summed E-state index contributed by atoms with van der Waals surface area (Å²) in [6, 6.07) is -0.858. The normalized spacial score (nSPS) is 25.3. The van der Waals surface area contributed by atoms with Crippen LogP contribution in [0.25, 0.3) is 0 Å². The highest BCUT2D eigenvalue weighted by Gasteiger charge is 2.42. The number of amides is 2. The number of carbonyl (C=O) groups excluding carboxylic acids is 4. The Labute approximate surface area is 253 Å². The Balaban J connectivity index is 1.60. The number of esters is 1. The summed E-state index contributed by atoms with van der Waals surface area (Å²) in [7, 11) is 0. The van der Waals surface area contributed by atoms with Gasteiger partial charge in [-0.25, -0.2) is 4.79 Å². The fourth-order valence-corrected chi connectivity index (χ4v) is 6.81. The Morgan fingerprint density at radius 2 is 1.95 bits per heavy atom. The molecule has 41 heavy (non-hydrogen) atoms. The first-order chi connectivity index (χ1) is 19.6. The first kappa shape index (κ1) is 33.4. The van der Waals surface area contributed by atoms with Gasteiger partial charge in [0.2, 0.25) is 11.8 Å². The molecule has 0 fully saturated rings. The summed E-state index contributed by atoms with van der Waals surface area (Å²) in [5.74, 6) is -0.142. The molecule has 4 bridgehead atoms. The number of cyclic esters (lactones) is 1. The van der Waals surface area contributed by atoms with Crippen molar-refractivity contribution in [1.82, 2.24) is 10.6 Å². The number of nitrogens with one attached hydrogen (secondary N) is 2. The summed E-state index contributed by atoms with van der Waals surface area (Å²) in [6.07, 6.45) is 10.2. The number of ether oxygens (including phenoxy) is 1. The van der Waals surface area contributed by atoms with E-state index in [2.05, 4.69) is 27.5 Å². The van der Waals surface area contributed by atoms with Crippen LogP contribution in [0.2, 0.25) is 0 Å². The number of aliphatic imine (C=N–C) groups is 2. The molecule has 3 atom stereocenters. The van der Waals surface area contributed by atoms with Crippen LogP contribution in [0.5, 0.6) is 0 Å². The highest BCUT2D eigenvalue weighted by molar-refractivity contribution is 8.14. The van der Waals surface area contributed by atoms with Crippen molar-refractivity contribution in [1.29, 1.82) is 0 Å². The van der Waals surface area contributed by atoms with Crippen molar-refractivity contribution in [2.24, 2.45) is 15.9 Å². The lowest BCUT2D eigenvalue weighted by atomic mass is 10.00. The molecule has 11 heteroatoms. The zero-order valence-corrected chi connectivity index (χ0v) is 26.6. The standard InChI is InChI=1S/C30H46N4O5S2/c1-5-6-7-8-9-13-25(36)40-16-11-10-12-22-17-24(35)31-18-21-14-15-23(32-21)27-34-30(4,19-41-27)29(38)33-26(20(2)3)28(37)39-22/h15,20,22,26H,5-14,16-19H2,1-4H3,(H,31,35)(H,33,38)/t22-,26+,30+/m1/s1. The fraction of sp³-hybridized carbons (Fsp3) is 0.733. The maximum atomic E-state index is 13.3. The van der Waals surface area contributed by atoms with Crippen molar-refractivity contribution in [3.63, 3.8) is 0 Å². The van der Waals surface area contributed by atoms with Gasteiger partial charge >= 0.3 is 5.97 Å². The minimum absolute atomic E-state index is 0.0299. The zero-order chi connectivity index (χ0) is 29.8. The van der Waals surface area contributed by atoms with E-state index in [1.165, 1.54) is 42.8 Å². The number of hydrogen-bond donors (Lipinski definition) is 2. The molecule has 3 aliphatic heterocycles. The summed E-state index contributed by atoms with van der Waals surface area (Å²) < 4.78 is 5.86. The van der Waals surface area contributed by atoms with Gasteiger partial charge < -0.3 is 15.4 Å². The molecule has 2 amide bonds. The van der Waals surface area contributed by atoms with E-state index in [-0.39, 0.29) is 29.3 Å². The largest absolute Gasteiger partial charge is 0.460 e. The van der Waals surface area contributed by atoms with E-state index < -0.39 is 23.7 Å². The second-order valence-electron chi connectivity index (χ2n) is 11.6. The van der Waals surface area contributed by atoms with Gasteiger partial charge in [-0.2, -0.15) is 0 Å². The second kappa shape index (κ2) is 16.5. The minimum Gasteiger partial charge on any atom is -0.460 e. The average molecular weight is 607 g/mol. The molecular formula is C30H46N4O5S2. The van der Waals surface area contributed by atoms with Crippen LogP contribution < -0.4 is 10.6 Å². The molecule has 0 aliphatic carbocycles. The molecule has 3 aliphatic rings. The molecule has 0 spiro atoms. The molecule has 2 N–H and O–H groups in total. The predicted octanol–water partition coefficient (Wildman–Crippen LogP) is 4.98. The first-order valence-electron chi connectivity index (χ1n) is 15.0. The first-order valence-corrected chi connectivity index (χ1v) is 17.0. The van der Waals surface area contributed by atoms with Crippen LogP contribution in [0.3, 0.4) is 0 Å². The predicted molar refractivity (Wildman–Crippen MR) is 167 cm³/mol.